The Hall–Kier alpha value is -1.74. The van der Waals surface area contributed by atoms with Crippen LogP contribution >= 0.6 is 11.3 Å². The van der Waals surface area contributed by atoms with Gasteiger partial charge in [0.05, 0.1) is 11.4 Å². The Balaban J connectivity index is 2.56. The lowest BCUT2D eigenvalue weighted by molar-refractivity contribution is 0.760. The number of hydrogen-bond acceptors (Lipinski definition) is 5. The molecule has 0 aliphatic carbocycles. The maximum absolute atomic E-state index is 8.89. The number of thiazole rings is 1. The van der Waals surface area contributed by atoms with Gasteiger partial charge in [-0.15, -0.1) is 5.10 Å². The van der Waals surface area contributed by atoms with Gasteiger partial charge in [0.25, 0.3) is 0 Å². The highest BCUT2D eigenvalue weighted by Gasteiger charge is 2.15. The number of aromatic nitrogens is 4. The third-order valence-corrected chi connectivity index (χ3v) is 3.45. The summed E-state index contributed by atoms with van der Waals surface area (Å²) >= 11 is 1.56. The van der Waals surface area contributed by atoms with Crippen LogP contribution in [0.1, 0.15) is 28.9 Å². The monoisotopic (exact) mass is 233 g/mol. The van der Waals surface area contributed by atoms with Crippen molar-refractivity contribution in [3.05, 3.63) is 22.0 Å². The van der Waals surface area contributed by atoms with E-state index < -0.39 is 0 Å². The quantitative estimate of drug-likeness (QED) is 0.792. The van der Waals surface area contributed by atoms with Gasteiger partial charge in [0, 0.05) is 4.88 Å². The normalized spacial score (nSPS) is 10.4. The summed E-state index contributed by atoms with van der Waals surface area (Å²) in [6, 6.07) is 2.04. The molecule has 2 rings (SSSR count). The van der Waals surface area contributed by atoms with Crippen molar-refractivity contribution in [2.45, 2.75) is 27.2 Å². The van der Waals surface area contributed by atoms with Crippen molar-refractivity contribution in [1.82, 2.24) is 20.0 Å². The van der Waals surface area contributed by atoms with Crippen molar-refractivity contribution in [3.63, 3.8) is 0 Å². The summed E-state index contributed by atoms with van der Waals surface area (Å²) < 4.78 is 1.66. The van der Waals surface area contributed by atoms with Crippen molar-refractivity contribution in [1.29, 1.82) is 5.26 Å². The highest BCUT2D eigenvalue weighted by molar-refractivity contribution is 7.14. The highest BCUT2D eigenvalue weighted by atomic mass is 32.1. The fraction of sp³-hybridized carbons (Fsp3) is 0.400. The molecule has 2 aromatic rings. The van der Waals surface area contributed by atoms with E-state index in [1.54, 1.807) is 16.0 Å². The minimum absolute atomic E-state index is 0.382. The van der Waals surface area contributed by atoms with Crippen molar-refractivity contribution < 1.29 is 0 Å². The van der Waals surface area contributed by atoms with Gasteiger partial charge >= 0.3 is 0 Å². The Bertz CT molecular complexity index is 541. The number of rotatable bonds is 2. The number of nitriles is 1. The van der Waals surface area contributed by atoms with Crippen LogP contribution in [0.4, 0.5) is 0 Å². The van der Waals surface area contributed by atoms with Crippen LogP contribution in [0.3, 0.4) is 0 Å². The van der Waals surface area contributed by atoms with Gasteiger partial charge in [0.2, 0.25) is 5.13 Å². The van der Waals surface area contributed by atoms with Gasteiger partial charge in [-0.25, -0.2) is 4.98 Å². The lowest BCUT2D eigenvalue weighted by Gasteiger charge is -1.98. The lowest BCUT2D eigenvalue weighted by atomic mass is 10.3. The summed E-state index contributed by atoms with van der Waals surface area (Å²) in [5.41, 5.74) is 2.19. The molecular weight excluding hydrogens is 222 g/mol. The van der Waals surface area contributed by atoms with E-state index in [1.165, 1.54) is 0 Å². The predicted octanol–water partition coefficient (Wildman–Crippen LogP) is 1.77. The molecule has 82 valence electrons. The SMILES string of the molecule is CCc1c(C#N)nnn1-c1nc(C)c(C)s1. The first-order valence-corrected chi connectivity index (χ1v) is 5.78. The first-order chi connectivity index (χ1) is 7.67. The van der Waals surface area contributed by atoms with Crippen molar-refractivity contribution in [3.8, 4) is 11.2 Å². The molecule has 2 aromatic heterocycles. The minimum Gasteiger partial charge on any atom is -0.223 e. The first-order valence-electron chi connectivity index (χ1n) is 4.96. The summed E-state index contributed by atoms with van der Waals surface area (Å²) in [6.07, 6.45) is 0.716. The zero-order valence-corrected chi connectivity index (χ0v) is 10.2. The van der Waals surface area contributed by atoms with Crippen molar-refractivity contribution >= 4 is 11.3 Å². The van der Waals surface area contributed by atoms with Gasteiger partial charge in [-0.1, -0.05) is 23.5 Å². The molecule has 0 atom stereocenters. The van der Waals surface area contributed by atoms with E-state index in [4.69, 9.17) is 5.26 Å². The van der Waals surface area contributed by atoms with Gasteiger partial charge in [0.15, 0.2) is 5.69 Å². The fourth-order valence-electron chi connectivity index (χ4n) is 1.41. The number of aryl methyl sites for hydroxylation is 2. The average molecular weight is 233 g/mol. The second-order valence-corrected chi connectivity index (χ2v) is 4.58. The Morgan fingerprint density at radius 2 is 2.19 bits per heavy atom. The summed E-state index contributed by atoms with van der Waals surface area (Å²) in [7, 11) is 0. The van der Waals surface area contributed by atoms with Crippen LogP contribution in [0.25, 0.3) is 5.13 Å². The summed E-state index contributed by atoms with van der Waals surface area (Å²) in [4.78, 5) is 5.56. The van der Waals surface area contributed by atoms with E-state index in [2.05, 4.69) is 15.3 Å². The zero-order chi connectivity index (χ0) is 11.7. The Labute approximate surface area is 97.4 Å². The van der Waals surface area contributed by atoms with E-state index >= 15 is 0 Å². The average Bonchev–Trinajstić information content (AvgIpc) is 2.82. The van der Waals surface area contributed by atoms with E-state index in [-0.39, 0.29) is 0 Å². The number of nitrogens with zero attached hydrogens (tertiary/aromatic N) is 5. The van der Waals surface area contributed by atoms with Crippen molar-refractivity contribution in [2.24, 2.45) is 0 Å². The molecular formula is C10H11N5S. The molecule has 16 heavy (non-hydrogen) atoms. The second kappa shape index (κ2) is 4.02. The fourth-order valence-corrected chi connectivity index (χ4v) is 2.29. The van der Waals surface area contributed by atoms with Gasteiger partial charge in [-0.2, -0.15) is 9.94 Å². The standard InChI is InChI=1S/C10H11N5S/c1-4-9-8(5-11)13-14-15(9)10-12-6(2)7(3)16-10/h4H2,1-3H3. The third kappa shape index (κ3) is 1.59. The number of hydrogen-bond donors (Lipinski definition) is 0. The van der Waals surface area contributed by atoms with Crippen LogP contribution in [-0.2, 0) is 6.42 Å². The van der Waals surface area contributed by atoms with Crippen LogP contribution in [0, 0.1) is 25.2 Å². The topological polar surface area (TPSA) is 67.4 Å². The Morgan fingerprint density at radius 3 is 2.69 bits per heavy atom. The van der Waals surface area contributed by atoms with E-state index in [0.717, 1.165) is 21.4 Å². The molecule has 0 spiro atoms. The highest BCUT2D eigenvalue weighted by Crippen LogP contribution is 2.21. The maximum Gasteiger partial charge on any atom is 0.212 e. The molecule has 0 bridgehead atoms. The molecule has 0 fully saturated rings. The van der Waals surface area contributed by atoms with Gasteiger partial charge < -0.3 is 0 Å². The maximum atomic E-state index is 8.89. The molecule has 0 aliphatic heterocycles. The lowest BCUT2D eigenvalue weighted by Crippen LogP contribution is -2.01. The van der Waals surface area contributed by atoms with Crippen molar-refractivity contribution in [2.75, 3.05) is 0 Å². The molecule has 0 N–H and O–H groups in total. The molecule has 5 nitrogen and oxygen atoms in total. The molecule has 0 aromatic carbocycles. The van der Waals surface area contributed by atoms with Gasteiger partial charge in [-0.3, -0.25) is 0 Å². The van der Waals surface area contributed by atoms with Crippen LogP contribution in [-0.4, -0.2) is 20.0 Å². The largest absolute Gasteiger partial charge is 0.223 e. The molecule has 6 heteroatoms. The summed E-state index contributed by atoms with van der Waals surface area (Å²) in [5.74, 6) is 0. The van der Waals surface area contributed by atoms with Gasteiger partial charge in [0.1, 0.15) is 6.07 Å². The predicted molar refractivity (Wildman–Crippen MR) is 60.6 cm³/mol. The van der Waals surface area contributed by atoms with E-state index in [1.807, 2.05) is 26.8 Å². The third-order valence-electron chi connectivity index (χ3n) is 2.40. The zero-order valence-electron chi connectivity index (χ0n) is 9.35. The molecule has 0 saturated heterocycles. The van der Waals surface area contributed by atoms with E-state index in [0.29, 0.717) is 12.1 Å². The molecule has 0 unspecified atom stereocenters. The van der Waals surface area contributed by atoms with Crippen LogP contribution in [0.2, 0.25) is 0 Å². The molecule has 0 amide bonds. The van der Waals surface area contributed by atoms with Crippen LogP contribution in [0.5, 0.6) is 0 Å². The minimum atomic E-state index is 0.382. The molecule has 0 aliphatic rings. The second-order valence-electron chi connectivity index (χ2n) is 3.40. The molecule has 0 saturated carbocycles. The van der Waals surface area contributed by atoms with Gasteiger partial charge in [-0.05, 0) is 20.3 Å². The van der Waals surface area contributed by atoms with E-state index in [9.17, 15) is 0 Å². The first kappa shape index (κ1) is 10.8. The molecule has 0 radical (unpaired) electrons. The summed E-state index contributed by atoms with van der Waals surface area (Å²) in [5, 5.41) is 17.5. The summed E-state index contributed by atoms with van der Waals surface area (Å²) in [6.45, 7) is 5.96. The Kier molecular flexibility index (Phi) is 2.71. The Morgan fingerprint density at radius 1 is 1.44 bits per heavy atom. The van der Waals surface area contributed by atoms with Crippen LogP contribution < -0.4 is 0 Å². The molecule has 2 heterocycles. The van der Waals surface area contributed by atoms with Crippen LogP contribution in [0.15, 0.2) is 0 Å². The smallest absolute Gasteiger partial charge is 0.212 e.